The van der Waals surface area contributed by atoms with Gasteiger partial charge in [-0.1, -0.05) is 0 Å². The van der Waals surface area contributed by atoms with E-state index in [9.17, 15) is 9.59 Å². The third kappa shape index (κ3) is 4.65. The maximum atomic E-state index is 11.7. The van der Waals surface area contributed by atoms with E-state index in [1.54, 1.807) is 6.92 Å². The van der Waals surface area contributed by atoms with Crippen molar-refractivity contribution < 1.29 is 23.8 Å². The molecule has 7 heteroatoms. The second-order valence-electron chi connectivity index (χ2n) is 4.30. The van der Waals surface area contributed by atoms with Crippen LogP contribution in [0.1, 0.15) is 42.8 Å². The molecule has 0 N–H and O–H groups in total. The van der Waals surface area contributed by atoms with Crippen LogP contribution in [0.15, 0.2) is 6.20 Å². The van der Waals surface area contributed by atoms with Gasteiger partial charge in [0.15, 0.2) is 0 Å². The molecule has 0 aromatic carbocycles. The lowest BCUT2D eigenvalue weighted by molar-refractivity contribution is 0.0482. The number of aromatic nitrogens is 2. The lowest BCUT2D eigenvalue weighted by atomic mass is 10.3. The first-order chi connectivity index (χ1) is 9.45. The molecule has 112 valence electrons. The first kappa shape index (κ1) is 16.2. The number of nitrogens with zero attached hydrogens (tertiary/aromatic N) is 2. The topological polar surface area (TPSA) is 79.7 Å². The Bertz CT molecular complexity index is 467. The van der Waals surface area contributed by atoms with E-state index in [1.165, 1.54) is 13.1 Å². The van der Waals surface area contributed by atoms with Crippen LogP contribution in [0.2, 0.25) is 0 Å². The monoisotopic (exact) mass is 284 g/mol. The summed E-state index contributed by atoms with van der Waals surface area (Å²) in [5, 5.41) is 3.92. The first-order valence-corrected chi connectivity index (χ1v) is 6.47. The lowest BCUT2D eigenvalue weighted by Gasteiger charge is -2.08. The third-order valence-electron chi connectivity index (χ3n) is 2.27. The van der Waals surface area contributed by atoms with E-state index in [0.717, 1.165) is 4.68 Å². The molecule has 0 radical (unpaired) electrons. The van der Waals surface area contributed by atoms with E-state index in [4.69, 9.17) is 14.2 Å². The Labute approximate surface area is 117 Å². The molecule has 0 bridgehead atoms. The summed E-state index contributed by atoms with van der Waals surface area (Å²) in [5.41, 5.74) is 0.131. The number of hydrogen-bond donors (Lipinski definition) is 0. The van der Waals surface area contributed by atoms with E-state index in [-0.39, 0.29) is 36.7 Å². The Morgan fingerprint density at radius 2 is 2.05 bits per heavy atom. The largest absolute Gasteiger partial charge is 0.474 e. The fourth-order valence-corrected chi connectivity index (χ4v) is 1.40. The van der Waals surface area contributed by atoms with Crippen molar-refractivity contribution in [2.75, 3.05) is 19.8 Å². The highest BCUT2D eigenvalue weighted by Gasteiger charge is 2.20. The lowest BCUT2D eigenvalue weighted by Crippen LogP contribution is -2.13. The van der Waals surface area contributed by atoms with Crippen LogP contribution in [0.4, 0.5) is 0 Å². The Hall–Kier alpha value is -1.89. The predicted molar refractivity (Wildman–Crippen MR) is 71.1 cm³/mol. The molecule has 20 heavy (non-hydrogen) atoms. The van der Waals surface area contributed by atoms with Gasteiger partial charge >= 0.3 is 5.97 Å². The minimum absolute atomic E-state index is 0.0750. The Morgan fingerprint density at radius 1 is 1.35 bits per heavy atom. The predicted octanol–water partition coefficient (Wildman–Crippen LogP) is 1.52. The molecule has 1 aromatic heterocycles. The molecule has 0 atom stereocenters. The van der Waals surface area contributed by atoms with Crippen molar-refractivity contribution in [3.05, 3.63) is 11.8 Å². The first-order valence-electron chi connectivity index (χ1n) is 6.47. The van der Waals surface area contributed by atoms with Crippen LogP contribution in [0.25, 0.3) is 0 Å². The molecule has 1 heterocycles. The van der Waals surface area contributed by atoms with Gasteiger partial charge in [0.25, 0.3) is 0 Å². The molecule has 0 saturated carbocycles. The van der Waals surface area contributed by atoms with Gasteiger partial charge in [0.2, 0.25) is 11.8 Å². The SMILES string of the molecule is CCOC(=O)c1cn(C(C)=O)nc1OCCOC(C)C. The second-order valence-corrected chi connectivity index (χ2v) is 4.30. The van der Waals surface area contributed by atoms with Crippen LogP contribution in [0.5, 0.6) is 5.88 Å². The Morgan fingerprint density at radius 3 is 2.60 bits per heavy atom. The van der Waals surface area contributed by atoms with E-state index in [0.29, 0.717) is 6.61 Å². The molecular weight excluding hydrogens is 264 g/mol. The van der Waals surface area contributed by atoms with Crippen molar-refractivity contribution in [1.29, 1.82) is 0 Å². The normalized spacial score (nSPS) is 10.7. The van der Waals surface area contributed by atoms with Crippen molar-refractivity contribution in [1.82, 2.24) is 9.78 Å². The van der Waals surface area contributed by atoms with Crippen LogP contribution in [-0.4, -0.2) is 47.6 Å². The minimum Gasteiger partial charge on any atom is -0.474 e. The molecule has 7 nitrogen and oxygen atoms in total. The maximum Gasteiger partial charge on any atom is 0.345 e. The summed E-state index contributed by atoms with van der Waals surface area (Å²) < 4.78 is 16.6. The molecule has 0 unspecified atom stereocenters. The molecule has 0 aliphatic rings. The van der Waals surface area contributed by atoms with E-state index in [2.05, 4.69) is 5.10 Å². The number of esters is 1. The fourth-order valence-electron chi connectivity index (χ4n) is 1.40. The molecule has 0 aliphatic heterocycles. The van der Waals surface area contributed by atoms with Crippen molar-refractivity contribution in [3.63, 3.8) is 0 Å². The molecule has 0 spiro atoms. The van der Waals surface area contributed by atoms with Gasteiger partial charge < -0.3 is 14.2 Å². The van der Waals surface area contributed by atoms with Gasteiger partial charge in [-0.05, 0) is 20.8 Å². The van der Waals surface area contributed by atoms with Gasteiger partial charge in [-0.15, -0.1) is 5.10 Å². The van der Waals surface area contributed by atoms with Gasteiger partial charge in [0.05, 0.1) is 25.5 Å². The summed E-state index contributed by atoms with van der Waals surface area (Å²) in [6.07, 6.45) is 1.40. The number of carbonyl (C=O) groups is 2. The van der Waals surface area contributed by atoms with Crippen LogP contribution < -0.4 is 4.74 Å². The summed E-state index contributed by atoms with van der Waals surface area (Å²) >= 11 is 0. The molecule has 0 amide bonds. The number of carbonyl (C=O) groups excluding carboxylic acids is 2. The van der Waals surface area contributed by atoms with E-state index in [1.807, 2.05) is 13.8 Å². The van der Waals surface area contributed by atoms with Crippen LogP contribution in [-0.2, 0) is 9.47 Å². The van der Waals surface area contributed by atoms with Crippen LogP contribution >= 0.6 is 0 Å². The summed E-state index contributed by atoms with van der Waals surface area (Å²) in [4.78, 5) is 23.0. The zero-order valence-corrected chi connectivity index (χ0v) is 12.2. The molecule has 0 saturated heterocycles. The Kier molecular flexibility index (Phi) is 6.17. The number of hydrogen-bond acceptors (Lipinski definition) is 6. The highest BCUT2D eigenvalue weighted by molar-refractivity contribution is 5.92. The molecular formula is C13H20N2O5. The average Bonchev–Trinajstić information content (AvgIpc) is 2.79. The Balaban J connectivity index is 2.76. The van der Waals surface area contributed by atoms with Gasteiger partial charge in [-0.3, -0.25) is 4.79 Å². The molecule has 1 aromatic rings. The zero-order chi connectivity index (χ0) is 15.1. The van der Waals surface area contributed by atoms with Crippen molar-refractivity contribution in [2.45, 2.75) is 33.8 Å². The summed E-state index contributed by atoms with van der Waals surface area (Å²) in [7, 11) is 0. The second kappa shape index (κ2) is 7.64. The van der Waals surface area contributed by atoms with Crippen molar-refractivity contribution >= 4 is 11.9 Å². The summed E-state index contributed by atoms with van der Waals surface area (Å²) in [6.45, 7) is 7.70. The van der Waals surface area contributed by atoms with Gasteiger partial charge in [0, 0.05) is 6.92 Å². The average molecular weight is 284 g/mol. The van der Waals surface area contributed by atoms with E-state index >= 15 is 0 Å². The molecule has 0 fully saturated rings. The highest BCUT2D eigenvalue weighted by Crippen LogP contribution is 2.17. The van der Waals surface area contributed by atoms with Gasteiger partial charge in [-0.25, -0.2) is 9.48 Å². The third-order valence-corrected chi connectivity index (χ3v) is 2.27. The summed E-state index contributed by atoms with van der Waals surface area (Å²) in [5.74, 6) is -0.811. The quantitative estimate of drug-likeness (QED) is 0.558. The van der Waals surface area contributed by atoms with Gasteiger partial charge in [0.1, 0.15) is 12.2 Å². The fraction of sp³-hybridized carbons (Fsp3) is 0.615. The molecule has 1 rings (SSSR count). The van der Waals surface area contributed by atoms with Crippen molar-refractivity contribution in [3.8, 4) is 5.88 Å². The molecule has 0 aliphatic carbocycles. The number of ether oxygens (including phenoxy) is 3. The van der Waals surface area contributed by atoms with E-state index < -0.39 is 5.97 Å². The highest BCUT2D eigenvalue weighted by atomic mass is 16.5. The number of rotatable bonds is 7. The standard InChI is InChI=1S/C13H20N2O5/c1-5-18-13(17)11-8-15(10(4)16)14-12(11)20-7-6-19-9(2)3/h8-9H,5-7H2,1-4H3. The van der Waals surface area contributed by atoms with Gasteiger partial charge in [-0.2, -0.15) is 0 Å². The maximum absolute atomic E-state index is 11.7. The van der Waals surface area contributed by atoms with Crippen molar-refractivity contribution in [2.24, 2.45) is 0 Å². The van der Waals surface area contributed by atoms with Crippen LogP contribution in [0.3, 0.4) is 0 Å². The van der Waals surface area contributed by atoms with Crippen LogP contribution in [0, 0.1) is 0 Å². The smallest absolute Gasteiger partial charge is 0.345 e. The zero-order valence-electron chi connectivity index (χ0n) is 12.2. The minimum atomic E-state index is -0.570. The summed E-state index contributed by atoms with van der Waals surface area (Å²) in [6, 6.07) is 0.